The van der Waals surface area contributed by atoms with Crippen molar-refractivity contribution in [1.29, 1.82) is 0 Å². The molecule has 1 heterocycles. The summed E-state index contributed by atoms with van der Waals surface area (Å²) < 4.78 is 13.4. The first-order valence-electron chi connectivity index (χ1n) is 6.61. The second kappa shape index (κ2) is 6.48. The van der Waals surface area contributed by atoms with Crippen LogP contribution in [0.1, 0.15) is 12.0 Å². The average molecular weight is 266 g/mol. The van der Waals surface area contributed by atoms with Gasteiger partial charge in [0.15, 0.2) is 0 Å². The van der Waals surface area contributed by atoms with Crippen LogP contribution in [0.4, 0.5) is 4.39 Å². The summed E-state index contributed by atoms with van der Waals surface area (Å²) in [4.78, 5) is 4.56. The van der Waals surface area contributed by atoms with Gasteiger partial charge in [-0.2, -0.15) is 0 Å². The third kappa shape index (κ3) is 4.28. The van der Waals surface area contributed by atoms with Crippen LogP contribution in [-0.4, -0.2) is 60.2 Å². The summed E-state index contributed by atoms with van der Waals surface area (Å²) in [5.74, 6) is -0.424. The van der Waals surface area contributed by atoms with Crippen LogP contribution in [0.3, 0.4) is 0 Å². The highest BCUT2D eigenvalue weighted by Gasteiger charge is 2.16. The van der Waals surface area contributed by atoms with Gasteiger partial charge in [-0.05, 0) is 49.7 Å². The normalized spacial score (nSPS) is 18.3. The van der Waals surface area contributed by atoms with Gasteiger partial charge >= 0.3 is 7.12 Å². The predicted molar refractivity (Wildman–Crippen MR) is 73.6 cm³/mol. The van der Waals surface area contributed by atoms with Crippen molar-refractivity contribution < 1.29 is 14.4 Å². The number of rotatable bonds is 3. The maximum Gasteiger partial charge on any atom is 0.488 e. The van der Waals surface area contributed by atoms with E-state index in [-0.39, 0.29) is 5.46 Å². The fourth-order valence-electron chi connectivity index (χ4n) is 2.43. The lowest BCUT2D eigenvalue weighted by Crippen LogP contribution is -2.32. The maximum absolute atomic E-state index is 13.4. The molecule has 0 aromatic heterocycles. The zero-order chi connectivity index (χ0) is 13.8. The Hall–Kier alpha value is -0.945. The molecule has 104 valence electrons. The SMILES string of the molecule is CN1CCCN(Cc2cc(F)cc(B(O)O)c2)CC1. The van der Waals surface area contributed by atoms with E-state index in [4.69, 9.17) is 10.0 Å². The second-order valence-corrected chi connectivity index (χ2v) is 5.20. The Morgan fingerprint density at radius 2 is 1.95 bits per heavy atom. The lowest BCUT2D eigenvalue weighted by atomic mass is 9.79. The zero-order valence-electron chi connectivity index (χ0n) is 11.2. The minimum Gasteiger partial charge on any atom is -0.423 e. The molecule has 1 aliphatic heterocycles. The Kier molecular flexibility index (Phi) is 4.93. The molecule has 1 saturated heterocycles. The van der Waals surface area contributed by atoms with Crippen LogP contribution in [0.2, 0.25) is 0 Å². The van der Waals surface area contributed by atoms with Crippen molar-refractivity contribution in [1.82, 2.24) is 9.80 Å². The Bertz CT molecular complexity index is 431. The zero-order valence-corrected chi connectivity index (χ0v) is 11.2. The summed E-state index contributed by atoms with van der Waals surface area (Å²) in [5, 5.41) is 18.3. The molecule has 0 radical (unpaired) electrons. The highest BCUT2D eigenvalue weighted by molar-refractivity contribution is 6.58. The molecule has 0 spiro atoms. The van der Waals surface area contributed by atoms with E-state index < -0.39 is 12.9 Å². The third-order valence-electron chi connectivity index (χ3n) is 3.50. The molecule has 1 fully saturated rings. The van der Waals surface area contributed by atoms with E-state index in [0.29, 0.717) is 6.54 Å². The molecule has 6 heteroatoms. The minimum absolute atomic E-state index is 0.210. The Morgan fingerprint density at radius 3 is 2.68 bits per heavy atom. The molecule has 19 heavy (non-hydrogen) atoms. The van der Waals surface area contributed by atoms with E-state index in [2.05, 4.69) is 16.8 Å². The van der Waals surface area contributed by atoms with Crippen LogP contribution >= 0.6 is 0 Å². The van der Waals surface area contributed by atoms with Gasteiger partial charge in [-0.15, -0.1) is 0 Å². The first kappa shape index (κ1) is 14.5. The van der Waals surface area contributed by atoms with E-state index in [0.717, 1.165) is 44.2 Å². The summed E-state index contributed by atoms with van der Waals surface area (Å²) in [6.07, 6.45) is 1.10. The molecule has 1 aromatic rings. The Balaban J connectivity index is 2.05. The quantitative estimate of drug-likeness (QED) is 0.734. The molecular weight excluding hydrogens is 246 g/mol. The molecular formula is C13H20BFN2O2. The highest BCUT2D eigenvalue weighted by atomic mass is 19.1. The van der Waals surface area contributed by atoms with E-state index in [1.807, 2.05) is 0 Å². The van der Waals surface area contributed by atoms with E-state index in [1.54, 1.807) is 6.07 Å². The van der Waals surface area contributed by atoms with E-state index in [1.165, 1.54) is 6.07 Å². The lowest BCUT2D eigenvalue weighted by molar-refractivity contribution is 0.269. The van der Waals surface area contributed by atoms with Gasteiger partial charge in [0.05, 0.1) is 0 Å². The van der Waals surface area contributed by atoms with Crippen LogP contribution in [-0.2, 0) is 6.54 Å². The van der Waals surface area contributed by atoms with Crippen molar-refractivity contribution in [3.8, 4) is 0 Å². The van der Waals surface area contributed by atoms with Gasteiger partial charge in [-0.1, -0.05) is 6.07 Å². The summed E-state index contributed by atoms with van der Waals surface area (Å²) in [7, 11) is 0.482. The summed E-state index contributed by atoms with van der Waals surface area (Å²) in [5.41, 5.74) is 0.995. The first-order valence-corrected chi connectivity index (χ1v) is 6.61. The number of hydrogen-bond donors (Lipinski definition) is 2. The molecule has 1 aromatic carbocycles. The lowest BCUT2D eigenvalue weighted by Gasteiger charge is -2.20. The van der Waals surface area contributed by atoms with Gasteiger partial charge in [-0.25, -0.2) is 4.39 Å². The molecule has 2 rings (SSSR count). The minimum atomic E-state index is -1.62. The number of likely N-dealkylation sites (N-methyl/N-ethyl adjacent to an activating group) is 1. The molecule has 0 saturated carbocycles. The molecule has 0 unspecified atom stereocenters. The number of halogens is 1. The molecule has 0 aliphatic carbocycles. The van der Waals surface area contributed by atoms with Gasteiger partial charge in [0.2, 0.25) is 0 Å². The Labute approximate surface area is 113 Å². The summed E-state index contributed by atoms with van der Waals surface area (Å²) in [6.45, 7) is 4.66. The molecule has 2 N–H and O–H groups in total. The highest BCUT2D eigenvalue weighted by Crippen LogP contribution is 2.09. The Morgan fingerprint density at radius 1 is 1.16 bits per heavy atom. The van der Waals surface area contributed by atoms with Crippen molar-refractivity contribution in [2.75, 3.05) is 33.2 Å². The second-order valence-electron chi connectivity index (χ2n) is 5.20. The molecule has 0 bridgehead atoms. The van der Waals surface area contributed by atoms with Gasteiger partial charge in [0.25, 0.3) is 0 Å². The molecule has 1 aliphatic rings. The summed E-state index contributed by atoms with van der Waals surface area (Å²) >= 11 is 0. The maximum atomic E-state index is 13.4. The van der Waals surface area contributed by atoms with Crippen molar-refractivity contribution in [3.05, 3.63) is 29.6 Å². The van der Waals surface area contributed by atoms with Gasteiger partial charge in [0.1, 0.15) is 5.82 Å². The number of hydrogen-bond acceptors (Lipinski definition) is 4. The average Bonchev–Trinajstić information content (AvgIpc) is 2.54. The van der Waals surface area contributed by atoms with Crippen molar-refractivity contribution in [3.63, 3.8) is 0 Å². The van der Waals surface area contributed by atoms with Crippen LogP contribution < -0.4 is 5.46 Å². The molecule has 4 nitrogen and oxygen atoms in total. The summed E-state index contributed by atoms with van der Waals surface area (Å²) in [6, 6.07) is 4.27. The van der Waals surface area contributed by atoms with E-state index >= 15 is 0 Å². The van der Waals surface area contributed by atoms with Gasteiger partial charge in [0, 0.05) is 19.6 Å². The van der Waals surface area contributed by atoms with E-state index in [9.17, 15) is 4.39 Å². The van der Waals surface area contributed by atoms with Crippen molar-refractivity contribution >= 4 is 12.6 Å². The van der Waals surface area contributed by atoms with Crippen LogP contribution in [0, 0.1) is 5.82 Å². The van der Waals surface area contributed by atoms with Crippen LogP contribution in [0.5, 0.6) is 0 Å². The largest absolute Gasteiger partial charge is 0.488 e. The molecule has 0 amide bonds. The topological polar surface area (TPSA) is 46.9 Å². The molecule has 0 atom stereocenters. The fourth-order valence-corrected chi connectivity index (χ4v) is 2.43. The smallest absolute Gasteiger partial charge is 0.423 e. The fraction of sp³-hybridized carbons (Fsp3) is 0.538. The monoisotopic (exact) mass is 266 g/mol. The van der Waals surface area contributed by atoms with Crippen molar-refractivity contribution in [2.24, 2.45) is 0 Å². The third-order valence-corrected chi connectivity index (χ3v) is 3.50. The number of nitrogens with zero attached hydrogens (tertiary/aromatic N) is 2. The first-order chi connectivity index (χ1) is 9.04. The number of benzene rings is 1. The van der Waals surface area contributed by atoms with Gasteiger partial charge < -0.3 is 14.9 Å². The standard InChI is InChI=1S/C13H20BFN2O2/c1-16-3-2-4-17(6-5-16)10-11-7-12(14(18)19)9-13(15)8-11/h7-9,18-19H,2-6,10H2,1H3. The predicted octanol–water partition coefficient (Wildman–Crippen LogP) is -0.357. The van der Waals surface area contributed by atoms with Crippen LogP contribution in [0.25, 0.3) is 0 Å². The van der Waals surface area contributed by atoms with Gasteiger partial charge in [-0.3, -0.25) is 4.90 Å². The van der Waals surface area contributed by atoms with Crippen molar-refractivity contribution in [2.45, 2.75) is 13.0 Å². The van der Waals surface area contributed by atoms with Crippen LogP contribution in [0.15, 0.2) is 18.2 Å².